The van der Waals surface area contributed by atoms with Gasteiger partial charge in [-0.05, 0) is 65.2 Å². The molecule has 28 nitrogen and oxygen atoms in total. The molecule has 5 amide bonds. The Morgan fingerprint density at radius 2 is 1.08 bits per heavy atom. The third-order valence-corrected chi connectivity index (χ3v) is 15.8. The van der Waals surface area contributed by atoms with Gasteiger partial charge in [0.25, 0.3) is 0 Å². The summed E-state index contributed by atoms with van der Waals surface area (Å²) in [7, 11) is 3.18. The average Bonchev–Trinajstić information content (AvgIpc) is 1.70. The summed E-state index contributed by atoms with van der Waals surface area (Å²) in [4.78, 5) is 92.7. The molecule has 0 aliphatic carbocycles. The maximum absolute atomic E-state index is 13.6. The van der Waals surface area contributed by atoms with Crippen LogP contribution < -0.4 is 31.9 Å². The van der Waals surface area contributed by atoms with Crippen LogP contribution in [0.1, 0.15) is 111 Å². The molecule has 0 spiro atoms. The molecule has 2 aliphatic heterocycles. The number of nitrogens with one attached hydrogen (secondary N) is 6. The lowest BCUT2D eigenvalue weighted by molar-refractivity contribution is -0.140. The number of hydrogen-bond donors (Lipinski definition) is 8. The molecule has 2 aromatic heterocycles. The highest BCUT2D eigenvalue weighted by molar-refractivity contribution is 5.89. The maximum atomic E-state index is 13.6. The van der Waals surface area contributed by atoms with Crippen LogP contribution in [0.25, 0.3) is 0 Å². The Morgan fingerprint density at radius 1 is 0.670 bits per heavy atom. The first-order chi connectivity index (χ1) is 42.3. The summed E-state index contributed by atoms with van der Waals surface area (Å²) < 4.78 is 36.8. The van der Waals surface area contributed by atoms with E-state index in [2.05, 4.69) is 58.4 Å². The highest BCUT2D eigenvalue weighted by Gasteiger charge is 2.49. The lowest BCUT2D eigenvalue weighted by Gasteiger charge is -2.42. The number of nitrogens with zero attached hydrogens (tertiary/aromatic N) is 7. The lowest BCUT2D eigenvalue weighted by Crippen LogP contribution is -2.62. The van der Waals surface area contributed by atoms with Crippen molar-refractivity contribution in [2.24, 2.45) is 11.8 Å². The molecule has 2 aliphatic rings. The molecule has 4 rings (SSSR count). The number of hydrogen-bond acceptors (Lipinski definition) is 19. The number of methoxy groups -OCH3 is 2. The van der Waals surface area contributed by atoms with Crippen LogP contribution in [0.3, 0.4) is 0 Å². The summed E-state index contributed by atoms with van der Waals surface area (Å²) in [5.41, 5.74) is -0.524. The predicted molar refractivity (Wildman–Crippen MR) is 323 cm³/mol. The fourth-order valence-electron chi connectivity index (χ4n) is 11.1. The van der Waals surface area contributed by atoms with Crippen molar-refractivity contribution in [3.63, 3.8) is 0 Å². The first kappa shape index (κ1) is 73.8. The fraction of sp³-hybridized carbons (Fsp3) is 0.717. The average molecular weight is 1240 g/mol. The topological polar surface area (TPSA) is 352 Å². The van der Waals surface area contributed by atoms with Gasteiger partial charge in [0, 0.05) is 77.5 Å². The summed E-state index contributed by atoms with van der Waals surface area (Å²) in [6, 6.07) is -3.44. The quantitative estimate of drug-likeness (QED) is 0.0260. The van der Waals surface area contributed by atoms with Crippen LogP contribution >= 0.6 is 0 Å². The largest absolute Gasteiger partial charge is 0.480 e. The van der Waals surface area contributed by atoms with Crippen LogP contribution in [-0.4, -0.2) is 227 Å². The van der Waals surface area contributed by atoms with E-state index in [1.165, 1.54) is 9.36 Å². The molecule has 8 N–H and O–H groups in total. The summed E-state index contributed by atoms with van der Waals surface area (Å²) in [6.07, 6.45) is 20.2. The van der Waals surface area contributed by atoms with E-state index in [1.807, 2.05) is 65.8 Å². The Balaban J connectivity index is 1.30. The van der Waals surface area contributed by atoms with Gasteiger partial charge in [-0.1, -0.05) is 67.3 Å². The van der Waals surface area contributed by atoms with Crippen LogP contribution in [0, 0.1) is 24.2 Å². The van der Waals surface area contributed by atoms with Crippen LogP contribution in [0.4, 0.5) is 0 Å². The molecule has 1 unspecified atom stereocenters. The van der Waals surface area contributed by atoms with E-state index in [1.54, 1.807) is 26.6 Å². The molecule has 2 fully saturated rings. The number of aliphatic carboxylic acids is 2. The minimum atomic E-state index is -0.958. The molecular weight excluding hydrogens is 1140 g/mol. The van der Waals surface area contributed by atoms with Gasteiger partial charge in [-0.25, -0.2) is 0 Å². The molecule has 492 valence electrons. The number of terminal acetylenes is 1. The predicted octanol–water partition coefficient (Wildman–Crippen LogP) is 0.980. The van der Waals surface area contributed by atoms with E-state index < -0.39 is 90.2 Å². The monoisotopic (exact) mass is 1240 g/mol. The van der Waals surface area contributed by atoms with Crippen molar-refractivity contribution >= 4 is 41.5 Å². The van der Waals surface area contributed by atoms with E-state index in [0.717, 1.165) is 17.7 Å². The van der Waals surface area contributed by atoms with E-state index in [0.29, 0.717) is 63.5 Å². The molecule has 0 bridgehead atoms. The lowest BCUT2D eigenvalue weighted by atomic mass is 9.81. The molecule has 28 heteroatoms. The molecular formula is C60H97N13O15. The van der Waals surface area contributed by atoms with E-state index in [-0.39, 0.29) is 108 Å². The summed E-state index contributed by atoms with van der Waals surface area (Å²) in [5.74, 6) is -1.94. The Hall–Kier alpha value is -6.71. The van der Waals surface area contributed by atoms with Crippen molar-refractivity contribution in [1.29, 1.82) is 0 Å². The fourth-order valence-corrected chi connectivity index (χ4v) is 11.1. The van der Waals surface area contributed by atoms with Crippen LogP contribution in [0.2, 0.25) is 0 Å². The van der Waals surface area contributed by atoms with Crippen molar-refractivity contribution < 1.29 is 72.2 Å². The van der Waals surface area contributed by atoms with Gasteiger partial charge in [0.2, 0.25) is 29.5 Å². The van der Waals surface area contributed by atoms with Crippen LogP contribution in [0.15, 0.2) is 36.7 Å². The zero-order valence-corrected chi connectivity index (χ0v) is 52.7. The van der Waals surface area contributed by atoms with Gasteiger partial charge in [-0.15, -0.1) is 16.6 Å². The smallest absolute Gasteiger partial charge is 0.320 e. The molecule has 2 aromatic rings. The van der Waals surface area contributed by atoms with Gasteiger partial charge >= 0.3 is 11.9 Å². The second-order valence-corrected chi connectivity index (χ2v) is 22.4. The van der Waals surface area contributed by atoms with E-state index >= 15 is 0 Å². The van der Waals surface area contributed by atoms with Gasteiger partial charge in [-0.3, -0.25) is 53.6 Å². The van der Waals surface area contributed by atoms with Gasteiger partial charge in [0.05, 0.1) is 100 Å². The molecule has 2 saturated heterocycles. The van der Waals surface area contributed by atoms with Crippen molar-refractivity contribution in [2.75, 3.05) is 93.3 Å². The van der Waals surface area contributed by atoms with E-state index in [9.17, 15) is 43.8 Å². The summed E-state index contributed by atoms with van der Waals surface area (Å²) in [6.45, 7) is 13.4. The number of carboxylic acid groups (broad SMARTS) is 2. The van der Waals surface area contributed by atoms with Gasteiger partial charge in [-0.2, -0.15) is 0 Å². The minimum Gasteiger partial charge on any atom is -0.480 e. The number of aryl methyl sites for hydroxylation is 2. The number of rotatable bonds is 45. The number of aromatic nitrogens is 6. The van der Waals surface area contributed by atoms with Crippen LogP contribution in [0.5, 0.6) is 0 Å². The Kier molecular flexibility index (Phi) is 33.0. The molecule has 88 heavy (non-hydrogen) atoms. The van der Waals surface area contributed by atoms with Gasteiger partial charge in [0.1, 0.15) is 31.8 Å². The second-order valence-electron chi connectivity index (χ2n) is 22.4. The standard InChI is InChI=1S/C60H97N13O15/c1-10-15-42-36-46(57(79)80)63-53(42)55(59(6,83-8)22-12-3)65-48(74)19-17-44-38-72(69-67-44)26-24-61-50(76)40-71(52(78)21-29-86-31-33-88-35-34-87-32-30-85-28-14-5)41-51(77)62-25-27-73-39-45(68-70-73)18-20-49(75)66-56(60(7,84-9)23-13-4)54-43(16-11-2)37-47(64-54)58(81)82/h5,10-11,15-16,38-39,42-43,46-47,53-56,63-64H,12-13,17-37,40-41H2,1-4,6-9H3,(H,61,76)(H,62,77)(H,65,74)(H,66,75)(H,79,80)(H,81,82)/b15-10-,16-11-/t42-,43-,46-,47-,53-,54-,55-,56-,59+,60?/m1/s1. The Labute approximate surface area is 517 Å². The molecule has 0 aromatic carbocycles. The number of ether oxygens (including phenoxy) is 6. The number of amides is 5. The van der Waals surface area contributed by atoms with E-state index in [4.69, 9.17) is 34.8 Å². The molecule has 4 heterocycles. The minimum absolute atomic E-state index is 0.000592. The Morgan fingerprint density at radius 3 is 1.45 bits per heavy atom. The van der Waals surface area contributed by atoms with Crippen molar-refractivity contribution in [3.8, 4) is 12.3 Å². The van der Waals surface area contributed by atoms with Crippen LogP contribution in [-0.2, 0) is 87.9 Å². The van der Waals surface area contributed by atoms with Crippen molar-refractivity contribution in [3.05, 3.63) is 48.1 Å². The summed E-state index contributed by atoms with van der Waals surface area (Å²) in [5, 5.41) is 54.8. The highest BCUT2D eigenvalue weighted by atomic mass is 16.6. The highest BCUT2D eigenvalue weighted by Crippen LogP contribution is 2.34. The number of carbonyl (C=O) groups excluding carboxylic acids is 5. The van der Waals surface area contributed by atoms with Gasteiger partial charge < -0.3 is 64.8 Å². The first-order valence-electron chi connectivity index (χ1n) is 30.5. The molecule has 10 atom stereocenters. The molecule has 0 saturated carbocycles. The number of allylic oxidation sites excluding steroid dienone is 2. The third kappa shape index (κ3) is 24.7. The zero-order valence-electron chi connectivity index (χ0n) is 52.7. The van der Waals surface area contributed by atoms with Crippen molar-refractivity contribution in [2.45, 2.75) is 173 Å². The molecule has 0 radical (unpaired) electrons. The Bertz CT molecular complexity index is 2450. The zero-order chi connectivity index (χ0) is 64.5. The third-order valence-electron chi connectivity index (χ3n) is 15.8. The first-order valence-corrected chi connectivity index (χ1v) is 30.5. The summed E-state index contributed by atoms with van der Waals surface area (Å²) >= 11 is 0. The second kappa shape index (κ2) is 39.3. The van der Waals surface area contributed by atoms with Gasteiger partial charge in [0.15, 0.2) is 0 Å². The SMILES string of the molecule is C#CCOCCOCCOCCOCCC(=O)N(CC(=O)NCCn1cc(CCC(=O)N[C@H]([C@@H]2N[C@@H](C(=O)O)C[C@H]2/C=C\C)C(C)(CCC)OC)nn1)CC(=O)NCCn1cc(CCC(=O)N[C@H]([C@@H]2N[C@@H](C(=O)O)C[C@H]2/C=C\C)[C@](C)(CCC)OC)nn1. The maximum Gasteiger partial charge on any atom is 0.320 e. The number of carbonyl (C=O) groups is 7. The number of carboxylic acids is 2. The normalized spacial score (nSPS) is 20.4. The van der Waals surface area contributed by atoms with Crippen molar-refractivity contribution in [1.82, 2.24) is 66.8 Å².